The van der Waals surface area contributed by atoms with Gasteiger partial charge in [-0.25, -0.2) is 9.97 Å². The van der Waals surface area contributed by atoms with Crippen LogP contribution in [0.1, 0.15) is 18.4 Å². The fraction of sp³-hybridized carbons (Fsp3) is 0.400. The Morgan fingerprint density at radius 2 is 2.25 bits per heavy atom. The van der Waals surface area contributed by atoms with Gasteiger partial charge in [-0.05, 0) is 31.4 Å². The first-order valence-corrected chi connectivity index (χ1v) is 6.85. The number of aliphatic carboxylic acids is 1. The van der Waals surface area contributed by atoms with E-state index in [4.69, 9.17) is 0 Å². The first kappa shape index (κ1) is 12.8. The van der Waals surface area contributed by atoms with Gasteiger partial charge >= 0.3 is 5.97 Å². The second-order valence-electron chi connectivity index (χ2n) is 5.29. The molecular formula is C15H17N3O2. The second-order valence-corrected chi connectivity index (χ2v) is 5.29. The highest BCUT2D eigenvalue weighted by Crippen LogP contribution is 2.29. The molecule has 2 heterocycles. The van der Waals surface area contributed by atoms with E-state index in [2.05, 4.69) is 14.9 Å². The molecule has 0 bridgehead atoms. The van der Waals surface area contributed by atoms with Crippen molar-refractivity contribution in [2.45, 2.75) is 19.8 Å². The van der Waals surface area contributed by atoms with Crippen LogP contribution in [-0.4, -0.2) is 34.1 Å². The molecule has 0 saturated carbocycles. The van der Waals surface area contributed by atoms with Crippen LogP contribution in [0.3, 0.4) is 0 Å². The summed E-state index contributed by atoms with van der Waals surface area (Å²) in [7, 11) is 0. The molecule has 1 N–H and O–H groups in total. The van der Waals surface area contributed by atoms with Crippen molar-refractivity contribution in [3.05, 3.63) is 30.1 Å². The predicted molar refractivity (Wildman–Crippen MR) is 76.8 cm³/mol. The van der Waals surface area contributed by atoms with Crippen molar-refractivity contribution in [1.82, 2.24) is 9.97 Å². The molecule has 104 valence electrons. The molecule has 1 unspecified atom stereocenters. The number of aryl methyl sites for hydroxylation is 1. The molecule has 0 spiro atoms. The summed E-state index contributed by atoms with van der Waals surface area (Å²) in [6.45, 7) is 3.41. The Balaban J connectivity index is 2.03. The average Bonchev–Trinajstić information content (AvgIpc) is 2.47. The lowest BCUT2D eigenvalue weighted by atomic mass is 9.98. The number of benzene rings is 1. The molecule has 0 radical (unpaired) electrons. The number of carboxylic acids is 1. The van der Waals surface area contributed by atoms with Gasteiger partial charge in [0.1, 0.15) is 12.1 Å². The summed E-state index contributed by atoms with van der Waals surface area (Å²) in [5.41, 5.74) is 2.03. The molecule has 5 heteroatoms. The number of hydrogen-bond acceptors (Lipinski definition) is 4. The maximum Gasteiger partial charge on any atom is 0.308 e. The Morgan fingerprint density at radius 1 is 1.40 bits per heavy atom. The molecule has 1 fully saturated rings. The molecule has 1 saturated heterocycles. The summed E-state index contributed by atoms with van der Waals surface area (Å²) >= 11 is 0. The van der Waals surface area contributed by atoms with E-state index in [1.807, 2.05) is 25.1 Å². The molecule has 0 amide bonds. The van der Waals surface area contributed by atoms with Crippen LogP contribution in [0.15, 0.2) is 24.5 Å². The number of anilines is 1. The molecule has 5 nitrogen and oxygen atoms in total. The van der Waals surface area contributed by atoms with Gasteiger partial charge in [-0.15, -0.1) is 0 Å². The summed E-state index contributed by atoms with van der Waals surface area (Å²) in [5.74, 6) is -0.165. The highest BCUT2D eigenvalue weighted by molar-refractivity contribution is 5.92. The third-order valence-electron chi connectivity index (χ3n) is 3.92. The molecule has 3 rings (SSSR count). The van der Waals surface area contributed by atoms with Gasteiger partial charge in [0, 0.05) is 18.5 Å². The predicted octanol–water partition coefficient (Wildman–Crippen LogP) is 2.24. The van der Waals surface area contributed by atoms with E-state index in [-0.39, 0.29) is 5.92 Å². The fourth-order valence-corrected chi connectivity index (χ4v) is 2.87. The van der Waals surface area contributed by atoms with E-state index in [1.54, 1.807) is 6.33 Å². The molecule has 1 aliphatic rings. The number of carboxylic acid groups (broad SMARTS) is 1. The van der Waals surface area contributed by atoms with E-state index < -0.39 is 5.97 Å². The van der Waals surface area contributed by atoms with E-state index in [0.29, 0.717) is 6.54 Å². The standard InChI is InChI=1S/C15H17N3O2/c1-10-4-2-6-12-13(10)14(17-9-16-12)18-7-3-5-11(8-18)15(19)20/h2,4,6,9,11H,3,5,7-8H2,1H3,(H,19,20). The van der Waals surface area contributed by atoms with Crippen molar-refractivity contribution < 1.29 is 9.90 Å². The summed E-state index contributed by atoms with van der Waals surface area (Å²) in [6.07, 6.45) is 3.18. The Kier molecular flexibility index (Phi) is 3.26. The molecule has 1 atom stereocenters. The van der Waals surface area contributed by atoms with Gasteiger partial charge in [0.15, 0.2) is 0 Å². The lowest BCUT2D eigenvalue weighted by Crippen LogP contribution is -2.39. The largest absolute Gasteiger partial charge is 0.481 e. The number of rotatable bonds is 2. The van der Waals surface area contributed by atoms with Gasteiger partial charge in [0.2, 0.25) is 0 Å². The number of fused-ring (bicyclic) bond motifs is 1. The summed E-state index contributed by atoms with van der Waals surface area (Å²) < 4.78 is 0. The monoisotopic (exact) mass is 271 g/mol. The van der Waals surface area contributed by atoms with E-state index in [9.17, 15) is 9.90 Å². The SMILES string of the molecule is Cc1cccc2ncnc(N3CCCC(C(=O)O)C3)c12. The van der Waals surface area contributed by atoms with Crippen molar-refractivity contribution in [3.8, 4) is 0 Å². The number of piperidine rings is 1. The molecule has 1 aliphatic heterocycles. The third kappa shape index (κ3) is 2.19. The molecular weight excluding hydrogens is 254 g/mol. The Bertz CT molecular complexity index is 651. The van der Waals surface area contributed by atoms with Gasteiger partial charge in [0.05, 0.1) is 11.4 Å². The van der Waals surface area contributed by atoms with Gasteiger partial charge in [0.25, 0.3) is 0 Å². The van der Waals surface area contributed by atoms with Crippen LogP contribution in [-0.2, 0) is 4.79 Å². The van der Waals surface area contributed by atoms with Crippen LogP contribution < -0.4 is 4.90 Å². The van der Waals surface area contributed by atoms with Crippen molar-refractivity contribution in [2.75, 3.05) is 18.0 Å². The third-order valence-corrected chi connectivity index (χ3v) is 3.92. The summed E-state index contributed by atoms with van der Waals surface area (Å²) in [6, 6.07) is 5.98. The fourth-order valence-electron chi connectivity index (χ4n) is 2.87. The molecule has 1 aromatic carbocycles. The maximum atomic E-state index is 11.2. The molecule has 2 aromatic rings. The lowest BCUT2D eigenvalue weighted by Gasteiger charge is -2.32. The molecule has 20 heavy (non-hydrogen) atoms. The van der Waals surface area contributed by atoms with Gasteiger partial charge < -0.3 is 10.0 Å². The van der Waals surface area contributed by atoms with Crippen LogP contribution in [0, 0.1) is 12.8 Å². The lowest BCUT2D eigenvalue weighted by molar-refractivity contribution is -0.141. The first-order valence-electron chi connectivity index (χ1n) is 6.85. The van der Waals surface area contributed by atoms with E-state index in [1.165, 1.54) is 0 Å². The van der Waals surface area contributed by atoms with Crippen molar-refractivity contribution in [1.29, 1.82) is 0 Å². The zero-order valence-corrected chi connectivity index (χ0v) is 11.4. The van der Waals surface area contributed by atoms with Gasteiger partial charge in [-0.3, -0.25) is 4.79 Å². The van der Waals surface area contributed by atoms with E-state index in [0.717, 1.165) is 41.7 Å². The number of nitrogens with zero attached hydrogens (tertiary/aromatic N) is 3. The zero-order valence-electron chi connectivity index (χ0n) is 11.4. The Hall–Kier alpha value is -2.17. The first-order chi connectivity index (χ1) is 9.66. The smallest absolute Gasteiger partial charge is 0.308 e. The van der Waals surface area contributed by atoms with Gasteiger partial charge in [-0.1, -0.05) is 12.1 Å². The maximum absolute atomic E-state index is 11.2. The normalized spacial score (nSPS) is 19.2. The van der Waals surface area contributed by atoms with Crippen LogP contribution in [0.25, 0.3) is 10.9 Å². The van der Waals surface area contributed by atoms with Crippen molar-refractivity contribution in [2.24, 2.45) is 5.92 Å². The second kappa shape index (κ2) is 5.07. The molecule has 1 aromatic heterocycles. The number of aromatic nitrogens is 2. The highest BCUT2D eigenvalue weighted by atomic mass is 16.4. The number of carbonyl (C=O) groups is 1. The topological polar surface area (TPSA) is 66.3 Å². The minimum atomic E-state index is -0.718. The molecule has 0 aliphatic carbocycles. The summed E-state index contributed by atoms with van der Waals surface area (Å²) in [4.78, 5) is 22.0. The zero-order chi connectivity index (χ0) is 14.1. The van der Waals surface area contributed by atoms with Crippen molar-refractivity contribution in [3.63, 3.8) is 0 Å². The minimum Gasteiger partial charge on any atom is -0.481 e. The van der Waals surface area contributed by atoms with Crippen molar-refractivity contribution >= 4 is 22.7 Å². The summed E-state index contributed by atoms with van der Waals surface area (Å²) in [5, 5.41) is 10.2. The minimum absolute atomic E-state index is 0.308. The van der Waals surface area contributed by atoms with Crippen LogP contribution >= 0.6 is 0 Å². The van der Waals surface area contributed by atoms with Crippen LogP contribution in [0.4, 0.5) is 5.82 Å². The highest BCUT2D eigenvalue weighted by Gasteiger charge is 2.27. The number of hydrogen-bond donors (Lipinski definition) is 1. The average molecular weight is 271 g/mol. The Labute approximate surface area is 117 Å². The quantitative estimate of drug-likeness (QED) is 0.907. The van der Waals surface area contributed by atoms with Crippen LogP contribution in [0.2, 0.25) is 0 Å². The van der Waals surface area contributed by atoms with Crippen LogP contribution in [0.5, 0.6) is 0 Å². The van der Waals surface area contributed by atoms with Gasteiger partial charge in [-0.2, -0.15) is 0 Å². The Morgan fingerprint density at radius 3 is 3.05 bits per heavy atom. The van der Waals surface area contributed by atoms with E-state index >= 15 is 0 Å².